The van der Waals surface area contributed by atoms with Crippen molar-refractivity contribution in [2.24, 2.45) is 5.73 Å². The Kier molecular flexibility index (Phi) is 18.1. The summed E-state index contributed by atoms with van der Waals surface area (Å²) in [5.41, 5.74) is 11.6. The molecule has 4 nitrogen and oxygen atoms in total. The first kappa shape index (κ1) is 25.4. The minimum absolute atomic E-state index is 0.259. The van der Waals surface area contributed by atoms with Gasteiger partial charge >= 0.3 is 5.97 Å². The minimum atomic E-state index is -0.931. The van der Waals surface area contributed by atoms with Crippen molar-refractivity contribution in [3.05, 3.63) is 29.8 Å². The van der Waals surface area contributed by atoms with Crippen molar-refractivity contribution in [3.8, 4) is 0 Å². The number of unbranched alkanes of at least 4 members (excludes halogenated alkanes) is 13. The van der Waals surface area contributed by atoms with E-state index in [-0.39, 0.29) is 5.56 Å². The molecular formula is C23H42N2O2. The molecule has 1 rings (SSSR count). The van der Waals surface area contributed by atoms with E-state index in [9.17, 15) is 4.79 Å². The van der Waals surface area contributed by atoms with Gasteiger partial charge in [0.25, 0.3) is 0 Å². The van der Waals surface area contributed by atoms with Gasteiger partial charge in [-0.3, -0.25) is 0 Å². The quantitative estimate of drug-likeness (QED) is 0.243. The summed E-state index contributed by atoms with van der Waals surface area (Å²) in [7, 11) is 0. The number of carboxylic acids is 1. The molecule has 0 atom stereocenters. The van der Waals surface area contributed by atoms with E-state index < -0.39 is 5.97 Å². The molecule has 4 heteroatoms. The lowest BCUT2D eigenvalue weighted by molar-refractivity contribution is 0.0697. The number of hydrogen-bond donors (Lipinski definition) is 3. The van der Waals surface area contributed by atoms with Crippen LogP contribution >= 0.6 is 0 Å². The van der Waals surface area contributed by atoms with Crippen LogP contribution in [0.15, 0.2) is 24.3 Å². The van der Waals surface area contributed by atoms with Crippen LogP contribution in [0, 0.1) is 0 Å². The Hall–Kier alpha value is -1.55. The first-order valence-corrected chi connectivity index (χ1v) is 10.9. The monoisotopic (exact) mass is 378 g/mol. The number of carboxylic acid groups (broad SMARTS) is 1. The third kappa shape index (κ3) is 17.6. The van der Waals surface area contributed by atoms with Crippen LogP contribution in [-0.4, -0.2) is 17.6 Å². The van der Waals surface area contributed by atoms with Crippen molar-refractivity contribution < 1.29 is 9.90 Å². The van der Waals surface area contributed by atoms with Crippen molar-refractivity contribution in [1.29, 1.82) is 0 Å². The molecule has 0 aliphatic carbocycles. The molecule has 1 aromatic rings. The van der Waals surface area contributed by atoms with Crippen LogP contribution in [0.1, 0.15) is 107 Å². The zero-order chi connectivity index (χ0) is 20.2. The molecule has 0 bridgehead atoms. The van der Waals surface area contributed by atoms with Crippen molar-refractivity contribution in [1.82, 2.24) is 0 Å². The zero-order valence-corrected chi connectivity index (χ0v) is 17.4. The number of carbonyl (C=O) groups is 1. The molecule has 0 saturated heterocycles. The molecule has 0 fully saturated rings. The molecule has 0 radical (unpaired) electrons. The zero-order valence-electron chi connectivity index (χ0n) is 17.4. The van der Waals surface area contributed by atoms with Crippen LogP contribution in [0.2, 0.25) is 0 Å². The number of benzene rings is 1. The molecule has 1 aromatic carbocycles. The van der Waals surface area contributed by atoms with Crippen LogP contribution in [0.25, 0.3) is 0 Å². The Morgan fingerprint density at radius 2 is 1.11 bits per heavy atom. The number of anilines is 1. The summed E-state index contributed by atoms with van der Waals surface area (Å²) in [6.45, 7) is 3.16. The van der Waals surface area contributed by atoms with E-state index in [0.29, 0.717) is 5.69 Å². The van der Waals surface area contributed by atoms with Gasteiger partial charge in [-0.05, 0) is 37.2 Å². The fourth-order valence-electron chi connectivity index (χ4n) is 2.96. The fraction of sp³-hybridized carbons (Fsp3) is 0.696. The summed E-state index contributed by atoms with van der Waals surface area (Å²) in [4.78, 5) is 10.3. The number of rotatable bonds is 15. The number of aromatic carboxylic acids is 1. The molecule has 5 N–H and O–H groups in total. The van der Waals surface area contributed by atoms with Gasteiger partial charge in [-0.1, -0.05) is 90.4 Å². The molecular weight excluding hydrogens is 336 g/mol. The summed E-state index contributed by atoms with van der Waals surface area (Å²) in [6.07, 6.45) is 19.9. The van der Waals surface area contributed by atoms with Gasteiger partial charge in [0.05, 0.1) is 5.56 Å². The van der Waals surface area contributed by atoms with Crippen molar-refractivity contribution >= 4 is 11.7 Å². The summed E-state index contributed by atoms with van der Waals surface area (Å²) >= 11 is 0. The van der Waals surface area contributed by atoms with Crippen LogP contribution in [0.5, 0.6) is 0 Å². The highest BCUT2D eigenvalue weighted by Crippen LogP contribution is 2.12. The number of nitrogen functional groups attached to an aromatic ring is 1. The third-order valence-corrected chi connectivity index (χ3v) is 4.72. The van der Waals surface area contributed by atoms with Gasteiger partial charge in [0.15, 0.2) is 0 Å². The summed E-state index contributed by atoms with van der Waals surface area (Å²) in [5, 5.41) is 8.43. The lowest BCUT2D eigenvalue weighted by atomic mass is 10.0. The van der Waals surface area contributed by atoms with Gasteiger partial charge in [-0.15, -0.1) is 0 Å². The number of hydrogen-bond acceptors (Lipinski definition) is 3. The second kappa shape index (κ2) is 19.2. The van der Waals surface area contributed by atoms with Gasteiger partial charge < -0.3 is 16.6 Å². The van der Waals surface area contributed by atoms with Crippen molar-refractivity contribution in [3.63, 3.8) is 0 Å². The largest absolute Gasteiger partial charge is 0.478 e. The van der Waals surface area contributed by atoms with Crippen LogP contribution in [0.3, 0.4) is 0 Å². The highest BCUT2D eigenvalue weighted by molar-refractivity contribution is 5.87. The maximum atomic E-state index is 10.3. The molecule has 0 aliphatic heterocycles. The maximum Gasteiger partial charge on any atom is 0.335 e. The molecule has 156 valence electrons. The maximum absolute atomic E-state index is 10.3. The molecule has 0 aliphatic rings. The Morgan fingerprint density at radius 1 is 0.741 bits per heavy atom. The molecule has 27 heavy (non-hydrogen) atoms. The van der Waals surface area contributed by atoms with Gasteiger partial charge in [0.1, 0.15) is 0 Å². The Balaban J connectivity index is 0.000000569. The van der Waals surface area contributed by atoms with E-state index in [1.165, 1.54) is 102 Å². The highest BCUT2D eigenvalue weighted by atomic mass is 16.4. The van der Waals surface area contributed by atoms with Crippen LogP contribution in [-0.2, 0) is 0 Å². The first-order valence-electron chi connectivity index (χ1n) is 10.9. The van der Waals surface area contributed by atoms with Gasteiger partial charge in [0, 0.05) is 5.69 Å². The predicted octanol–water partition coefficient (Wildman–Crippen LogP) is 6.39. The fourth-order valence-corrected chi connectivity index (χ4v) is 2.96. The van der Waals surface area contributed by atoms with Crippen LogP contribution in [0.4, 0.5) is 5.69 Å². The summed E-state index contributed by atoms with van der Waals surface area (Å²) < 4.78 is 0. The third-order valence-electron chi connectivity index (χ3n) is 4.72. The first-order chi connectivity index (χ1) is 13.1. The molecule has 0 aromatic heterocycles. The normalized spacial score (nSPS) is 10.3. The average molecular weight is 379 g/mol. The topological polar surface area (TPSA) is 89.3 Å². The van der Waals surface area contributed by atoms with Gasteiger partial charge in [0.2, 0.25) is 0 Å². The van der Waals surface area contributed by atoms with E-state index >= 15 is 0 Å². The summed E-state index contributed by atoms with van der Waals surface area (Å²) in [5.74, 6) is -0.931. The molecule has 0 heterocycles. The molecule has 0 saturated carbocycles. The lowest BCUT2D eigenvalue weighted by Crippen LogP contribution is -1.97. The average Bonchev–Trinajstić information content (AvgIpc) is 2.66. The Morgan fingerprint density at radius 3 is 1.44 bits per heavy atom. The van der Waals surface area contributed by atoms with E-state index in [1.54, 1.807) is 12.1 Å². The van der Waals surface area contributed by atoms with Crippen molar-refractivity contribution in [2.45, 2.75) is 96.8 Å². The minimum Gasteiger partial charge on any atom is -0.478 e. The van der Waals surface area contributed by atoms with Gasteiger partial charge in [-0.2, -0.15) is 0 Å². The van der Waals surface area contributed by atoms with Crippen LogP contribution < -0.4 is 11.5 Å². The lowest BCUT2D eigenvalue weighted by Gasteiger charge is -2.02. The second-order valence-corrected chi connectivity index (χ2v) is 7.31. The predicted molar refractivity (Wildman–Crippen MR) is 117 cm³/mol. The summed E-state index contributed by atoms with van der Waals surface area (Å²) in [6, 6.07) is 6.06. The molecule has 0 unspecified atom stereocenters. The smallest absolute Gasteiger partial charge is 0.335 e. The molecule has 0 spiro atoms. The van der Waals surface area contributed by atoms with Gasteiger partial charge in [-0.25, -0.2) is 4.79 Å². The standard InChI is InChI=1S/C16H35N.C7H7NO2/c1-2-3-4-5-6-7-8-9-10-11-12-13-14-15-16-17;8-6-3-1-5(2-4-6)7(9)10/h2-17H2,1H3;1-4H,8H2,(H,9,10). The van der Waals surface area contributed by atoms with E-state index in [1.807, 2.05) is 0 Å². The second-order valence-electron chi connectivity index (χ2n) is 7.31. The van der Waals surface area contributed by atoms with E-state index in [2.05, 4.69) is 6.92 Å². The number of nitrogens with two attached hydrogens (primary N) is 2. The Labute approximate surface area is 166 Å². The Bertz CT molecular complexity index is 432. The SMILES string of the molecule is CCCCCCCCCCCCCCCCN.Nc1ccc(C(=O)O)cc1. The van der Waals surface area contributed by atoms with E-state index in [4.69, 9.17) is 16.6 Å². The molecule has 0 amide bonds. The van der Waals surface area contributed by atoms with Crippen molar-refractivity contribution in [2.75, 3.05) is 12.3 Å². The highest BCUT2D eigenvalue weighted by Gasteiger charge is 1.98. The van der Waals surface area contributed by atoms with E-state index in [0.717, 1.165) is 6.54 Å².